The van der Waals surface area contributed by atoms with Gasteiger partial charge < -0.3 is 10.6 Å². The van der Waals surface area contributed by atoms with E-state index in [9.17, 15) is 0 Å². The van der Waals surface area contributed by atoms with Gasteiger partial charge in [-0.2, -0.15) is 0 Å². The number of fused-ring (bicyclic) bond motifs is 1. The van der Waals surface area contributed by atoms with Crippen molar-refractivity contribution in [2.45, 2.75) is 25.3 Å². The second-order valence-electron chi connectivity index (χ2n) is 5.40. The van der Waals surface area contributed by atoms with E-state index in [-0.39, 0.29) is 0 Å². The van der Waals surface area contributed by atoms with E-state index in [0.717, 1.165) is 19.1 Å². The zero-order valence-corrected chi connectivity index (χ0v) is 11.9. The Morgan fingerprint density at radius 2 is 2.11 bits per heavy atom. The summed E-state index contributed by atoms with van der Waals surface area (Å²) in [6.45, 7) is 4.74. The number of anilines is 1. The van der Waals surface area contributed by atoms with Gasteiger partial charge in [-0.15, -0.1) is 0 Å². The van der Waals surface area contributed by atoms with Crippen molar-refractivity contribution in [3.8, 4) is 0 Å². The van der Waals surface area contributed by atoms with Gasteiger partial charge in [-0.3, -0.25) is 9.88 Å². The molecule has 0 spiro atoms. The molecule has 0 radical (unpaired) electrons. The molecule has 1 aromatic heterocycles. The Labute approximate surface area is 119 Å². The first-order valence-corrected chi connectivity index (χ1v) is 7.40. The molecule has 4 nitrogen and oxygen atoms in total. The van der Waals surface area contributed by atoms with Crippen molar-refractivity contribution >= 4 is 22.9 Å². The summed E-state index contributed by atoms with van der Waals surface area (Å²) >= 11 is 4.94. The maximum Gasteiger partial charge on any atom is 0.122 e. The van der Waals surface area contributed by atoms with Crippen molar-refractivity contribution in [3.05, 3.63) is 24.0 Å². The average Bonchev–Trinajstić information content (AvgIpc) is 2.76. The topological polar surface area (TPSA) is 45.4 Å². The molecule has 0 aliphatic carbocycles. The van der Waals surface area contributed by atoms with Crippen molar-refractivity contribution in [3.63, 3.8) is 0 Å². The second kappa shape index (κ2) is 5.43. The molecule has 2 aliphatic heterocycles. The standard InChI is InChI=1S/C14H20N4S/c15-14(19)13-5-4-11(9-16-13)18-8-2-7-17-6-1-3-12(17)10-18/h4-5,9,12H,1-3,6-8,10H2,(H2,15,19). The number of pyridine rings is 1. The third-order valence-corrected chi connectivity index (χ3v) is 4.38. The smallest absolute Gasteiger partial charge is 0.122 e. The minimum absolute atomic E-state index is 0.365. The van der Waals surface area contributed by atoms with Crippen molar-refractivity contribution in [1.82, 2.24) is 9.88 Å². The van der Waals surface area contributed by atoms with E-state index in [1.807, 2.05) is 12.3 Å². The van der Waals surface area contributed by atoms with Gasteiger partial charge in [0.2, 0.25) is 0 Å². The summed E-state index contributed by atoms with van der Waals surface area (Å²) in [5.74, 6) is 0. The van der Waals surface area contributed by atoms with Crippen LogP contribution in [0.1, 0.15) is 25.0 Å². The largest absolute Gasteiger partial charge is 0.388 e. The van der Waals surface area contributed by atoms with Crippen LogP contribution < -0.4 is 10.6 Å². The molecule has 102 valence electrons. The van der Waals surface area contributed by atoms with Gasteiger partial charge in [0.15, 0.2) is 0 Å². The zero-order chi connectivity index (χ0) is 13.2. The van der Waals surface area contributed by atoms with E-state index < -0.39 is 0 Å². The zero-order valence-electron chi connectivity index (χ0n) is 11.1. The lowest BCUT2D eigenvalue weighted by atomic mass is 10.2. The molecule has 19 heavy (non-hydrogen) atoms. The summed E-state index contributed by atoms with van der Waals surface area (Å²) in [5, 5.41) is 0. The van der Waals surface area contributed by atoms with Crippen LogP contribution in [-0.4, -0.2) is 47.1 Å². The Morgan fingerprint density at radius 1 is 1.26 bits per heavy atom. The third-order valence-electron chi connectivity index (χ3n) is 4.17. The lowest BCUT2D eigenvalue weighted by Gasteiger charge is -2.27. The highest BCUT2D eigenvalue weighted by atomic mass is 32.1. The molecule has 0 saturated carbocycles. The van der Waals surface area contributed by atoms with Crippen LogP contribution in [0.25, 0.3) is 0 Å². The van der Waals surface area contributed by atoms with E-state index in [1.54, 1.807) is 0 Å². The summed E-state index contributed by atoms with van der Waals surface area (Å²) in [6, 6.07) is 4.74. The highest BCUT2D eigenvalue weighted by Crippen LogP contribution is 2.24. The summed E-state index contributed by atoms with van der Waals surface area (Å²) in [5.41, 5.74) is 7.48. The summed E-state index contributed by atoms with van der Waals surface area (Å²) < 4.78 is 0. The number of hydrogen-bond acceptors (Lipinski definition) is 4. The Hall–Kier alpha value is -1.20. The molecule has 1 aromatic rings. The Bertz CT molecular complexity index is 459. The highest BCUT2D eigenvalue weighted by Gasteiger charge is 2.28. The number of hydrogen-bond donors (Lipinski definition) is 1. The van der Waals surface area contributed by atoms with Crippen LogP contribution in [0.3, 0.4) is 0 Å². The van der Waals surface area contributed by atoms with E-state index in [4.69, 9.17) is 18.0 Å². The van der Waals surface area contributed by atoms with E-state index >= 15 is 0 Å². The molecule has 3 heterocycles. The molecule has 3 rings (SSSR count). The fourth-order valence-corrected chi connectivity index (χ4v) is 3.28. The van der Waals surface area contributed by atoms with Gasteiger partial charge in [-0.25, -0.2) is 0 Å². The Balaban J connectivity index is 1.75. The van der Waals surface area contributed by atoms with Gasteiger partial charge in [0.25, 0.3) is 0 Å². The lowest BCUT2D eigenvalue weighted by molar-refractivity contribution is 0.273. The minimum atomic E-state index is 0.365. The van der Waals surface area contributed by atoms with Crippen LogP contribution in [0.15, 0.2) is 18.3 Å². The number of thiocarbonyl (C=S) groups is 1. The van der Waals surface area contributed by atoms with Gasteiger partial charge >= 0.3 is 0 Å². The first-order chi connectivity index (χ1) is 9.24. The van der Waals surface area contributed by atoms with Crippen molar-refractivity contribution in [2.75, 3.05) is 31.1 Å². The molecule has 2 N–H and O–H groups in total. The van der Waals surface area contributed by atoms with E-state index in [1.165, 1.54) is 38.0 Å². The van der Waals surface area contributed by atoms with Gasteiger partial charge in [0.1, 0.15) is 4.99 Å². The molecule has 1 atom stereocenters. The monoisotopic (exact) mass is 276 g/mol. The number of nitrogens with two attached hydrogens (primary N) is 1. The summed E-state index contributed by atoms with van der Waals surface area (Å²) in [4.78, 5) is 9.80. The highest BCUT2D eigenvalue weighted by molar-refractivity contribution is 7.80. The van der Waals surface area contributed by atoms with Crippen LogP contribution in [0.4, 0.5) is 5.69 Å². The first kappa shape index (κ1) is 12.8. The predicted molar refractivity (Wildman–Crippen MR) is 81.5 cm³/mol. The first-order valence-electron chi connectivity index (χ1n) is 6.99. The van der Waals surface area contributed by atoms with E-state index in [0.29, 0.717) is 10.7 Å². The van der Waals surface area contributed by atoms with Crippen molar-refractivity contribution in [1.29, 1.82) is 0 Å². The quantitative estimate of drug-likeness (QED) is 0.827. The van der Waals surface area contributed by atoms with Crippen molar-refractivity contribution in [2.24, 2.45) is 5.73 Å². The molecule has 0 bridgehead atoms. The maximum absolute atomic E-state index is 5.59. The molecule has 0 amide bonds. The van der Waals surface area contributed by atoms with Gasteiger partial charge in [-0.05, 0) is 37.9 Å². The third kappa shape index (κ3) is 2.72. The minimum Gasteiger partial charge on any atom is -0.388 e. The fraction of sp³-hybridized carbons (Fsp3) is 0.571. The van der Waals surface area contributed by atoms with Crippen LogP contribution in [-0.2, 0) is 0 Å². The molecule has 2 saturated heterocycles. The number of nitrogens with zero attached hydrogens (tertiary/aromatic N) is 3. The van der Waals surface area contributed by atoms with Crippen LogP contribution in [0.2, 0.25) is 0 Å². The molecule has 1 unspecified atom stereocenters. The number of rotatable bonds is 2. The van der Waals surface area contributed by atoms with Crippen molar-refractivity contribution < 1.29 is 0 Å². The molecule has 2 fully saturated rings. The second-order valence-corrected chi connectivity index (χ2v) is 5.84. The molecular weight excluding hydrogens is 256 g/mol. The normalized spacial score (nSPS) is 24.0. The molecule has 0 aromatic carbocycles. The molecule has 2 aliphatic rings. The van der Waals surface area contributed by atoms with Gasteiger partial charge in [0, 0.05) is 25.7 Å². The van der Waals surface area contributed by atoms with Crippen LogP contribution in [0.5, 0.6) is 0 Å². The Morgan fingerprint density at radius 3 is 2.84 bits per heavy atom. The Kier molecular flexibility index (Phi) is 3.66. The SMILES string of the molecule is NC(=S)c1ccc(N2CCCN3CCCC3C2)cn1. The summed E-state index contributed by atoms with van der Waals surface area (Å²) in [7, 11) is 0. The van der Waals surface area contributed by atoms with Gasteiger partial charge in [0.05, 0.1) is 17.6 Å². The molecular formula is C14H20N4S. The fourth-order valence-electron chi connectivity index (χ4n) is 3.16. The van der Waals surface area contributed by atoms with Crippen LogP contribution in [0, 0.1) is 0 Å². The number of aromatic nitrogens is 1. The van der Waals surface area contributed by atoms with E-state index in [2.05, 4.69) is 20.9 Å². The lowest BCUT2D eigenvalue weighted by Crippen LogP contribution is -2.36. The summed E-state index contributed by atoms with van der Waals surface area (Å²) in [6.07, 6.45) is 5.80. The molecule has 5 heteroatoms. The van der Waals surface area contributed by atoms with Crippen LogP contribution >= 0.6 is 12.2 Å². The maximum atomic E-state index is 5.59. The average molecular weight is 276 g/mol. The van der Waals surface area contributed by atoms with Gasteiger partial charge in [-0.1, -0.05) is 12.2 Å². The predicted octanol–water partition coefficient (Wildman–Crippen LogP) is 1.39.